The van der Waals surface area contributed by atoms with E-state index in [4.69, 9.17) is 0 Å². The summed E-state index contributed by atoms with van der Waals surface area (Å²) in [6.45, 7) is 7.11. The summed E-state index contributed by atoms with van der Waals surface area (Å²) in [7, 11) is 1.30. The second-order valence-electron chi connectivity index (χ2n) is 8.03. The number of hydrogen-bond donors (Lipinski definition) is 1. The first-order valence-corrected chi connectivity index (χ1v) is 10.5. The minimum absolute atomic E-state index is 0.0891. The SMILES string of the molecule is C=C/C=N\C(=NC)n1cc(C(=O)NCC(CC(C)C)c2ccc(C(F)(F)F)cc2)c(C(F)(F)F)n1. The van der Waals surface area contributed by atoms with Gasteiger partial charge < -0.3 is 5.32 Å². The van der Waals surface area contributed by atoms with Crippen molar-refractivity contribution in [1.29, 1.82) is 0 Å². The molecule has 1 aromatic carbocycles. The van der Waals surface area contributed by atoms with Crippen molar-refractivity contribution >= 4 is 18.1 Å². The van der Waals surface area contributed by atoms with Gasteiger partial charge in [-0.3, -0.25) is 9.79 Å². The number of nitrogens with zero attached hydrogens (tertiary/aromatic N) is 4. The molecule has 2 aromatic rings. The van der Waals surface area contributed by atoms with Crippen LogP contribution in [0.5, 0.6) is 0 Å². The van der Waals surface area contributed by atoms with E-state index in [9.17, 15) is 31.1 Å². The molecule has 1 N–H and O–H groups in total. The first-order chi connectivity index (χ1) is 16.3. The van der Waals surface area contributed by atoms with Crippen molar-refractivity contribution in [2.24, 2.45) is 15.9 Å². The molecule has 1 aromatic heterocycles. The van der Waals surface area contributed by atoms with Gasteiger partial charge in [0, 0.05) is 31.9 Å². The highest BCUT2D eigenvalue weighted by Gasteiger charge is 2.39. The van der Waals surface area contributed by atoms with E-state index in [1.165, 1.54) is 31.5 Å². The van der Waals surface area contributed by atoms with Gasteiger partial charge >= 0.3 is 12.4 Å². The smallest absolute Gasteiger partial charge is 0.351 e. The van der Waals surface area contributed by atoms with Crippen molar-refractivity contribution in [3.05, 3.63) is 65.5 Å². The van der Waals surface area contributed by atoms with E-state index in [1.54, 1.807) is 0 Å². The lowest BCUT2D eigenvalue weighted by Gasteiger charge is -2.21. The molecule has 2 rings (SSSR count). The molecule has 6 nitrogen and oxygen atoms in total. The van der Waals surface area contributed by atoms with Crippen molar-refractivity contribution in [2.75, 3.05) is 13.6 Å². The lowest BCUT2D eigenvalue weighted by molar-refractivity contribution is -0.141. The Labute approximate surface area is 198 Å². The van der Waals surface area contributed by atoms with Crippen LogP contribution in [0.25, 0.3) is 0 Å². The third-order valence-corrected chi connectivity index (χ3v) is 4.90. The van der Waals surface area contributed by atoms with Gasteiger partial charge in [-0.05, 0) is 30.0 Å². The topological polar surface area (TPSA) is 71.6 Å². The molecule has 0 bridgehead atoms. The molecule has 190 valence electrons. The van der Waals surface area contributed by atoms with E-state index >= 15 is 0 Å². The number of rotatable bonds is 7. The third-order valence-electron chi connectivity index (χ3n) is 4.90. The van der Waals surface area contributed by atoms with Gasteiger partial charge in [0.15, 0.2) is 5.69 Å². The summed E-state index contributed by atoms with van der Waals surface area (Å²) in [5.74, 6) is -1.54. The molecule has 0 aliphatic rings. The van der Waals surface area contributed by atoms with Crippen LogP contribution in [0, 0.1) is 5.92 Å². The lowest BCUT2D eigenvalue weighted by Crippen LogP contribution is -2.30. The van der Waals surface area contributed by atoms with Crippen LogP contribution in [-0.2, 0) is 12.4 Å². The standard InChI is InChI=1S/C23H25F6N5O/c1-5-10-31-21(30-4)34-13-18(19(33-34)23(27,28)29)20(35)32-12-16(11-14(2)3)15-6-8-17(9-7-15)22(24,25)26/h5-10,13-14,16H,1,11-12H2,2-4H3,(H,32,35)/b30-21?,31-10-. The molecular formula is C23H25F6N5O. The molecule has 1 heterocycles. The Morgan fingerprint density at radius 3 is 2.26 bits per heavy atom. The summed E-state index contributed by atoms with van der Waals surface area (Å²) in [4.78, 5) is 20.3. The van der Waals surface area contributed by atoms with E-state index in [0.717, 1.165) is 23.0 Å². The molecule has 1 amide bonds. The highest BCUT2D eigenvalue weighted by Crippen LogP contribution is 2.32. The molecule has 0 aliphatic heterocycles. The zero-order chi connectivity index (χ0) is 26.4. The number of aliphatic imine (C=N–C) groups is 2. The van der Waals surface area contributed by atoms with Gasteiger partial charge in [-0.15, -0.1) is 0 Å². The minimum atomic E-state index is -4.93. The summed E-state index contributed by atoms with van der Waals surface area (Å²) in [6, 6.07) is 4.49. The van der Waals surface area contributed by atoms with Crippen molar-refractivity contribution in [2.45, 2.75) is 38.5 Å². The van der Waals surface area contributed by atoms with Gasteiger partial charge in [0.2, 0.25) is 5.96 Å². The van der Waals surface area contributed by atoms with Crippen LogP contribution in [0.2, 0.25) is 0 Å². The number of allylic oxidation sites excluding steroid dienone is 1. The highest BCUT2D eigenvalue weighted by molar-refractivity contribution is 5.97. The number of carbonyl (C=O) groups is 1. The third kappa shape index (κ3) is 7.52. The number of aromatic nitrogens is 2. The summed E-state index contributed by atoms with van der Waals surface area (Å²) in [5, 5.41) is 5.90. The molecule has 0 saturated heterocycles. The monoisotopic (exact) mass is 501 g/mol. The Hall–Kier alpha value is -3.44. The van der Waals surface area contributed by atoms with E-state index in [1.807, 2.05) is 13.8 Å². The minimum Gasteiger partial charge on any atom is -0.351 e. The maximum Gasteiger partial charge on any atom is 0.435 e. The summed E-state index contributed by atoms with van der Waals surface area (Å²) in [6.07, 6.45) is -5.56. The average molecular weight is 501 g/mol. The Morgan fingerprint density at radius 2 is 1.77 bits per heavy atom. The van der Waals surface area contributed by atoms with Crippen LogP contribution in [0.4, 0.5) is 26.3 Å². The van der Waals surface area contributed by atoms with Gasteiger partial charge in [0.1, 0.15) is 0 Å². The van der Waals surface area contributed by atoms with Crippen LogP contribution in [0.1, 0.15) is 53.4 Å². The lowest BCUT2D eigenvalue weighted by atomic mass is 9.89. The maximum absolute atomic E-state index is 13.6. The van der Waals surface area contributed by atoms with Crippen LogP contribution in [0.15, 0.2) is 53.1 Å². The molecule has 0 fully saturated rings. The Kier molecular flexibility index (Phi) is 9.00. The predicted octanol–water partition coefficient (Wildman–Crippen LogP) is 5.57. The Morgan fingerprint density at radius 1 is 1.14 bits per heavy atom. The second-order valence-corrected chi connectivity index (χ2v) is 8.03. The summed E-state index contributed by atoms with van der Waals surface area (Å²) < 4.78 is 80.1. The fourth-order valence-corrected chi connectivity index (χ4v) is 3.35. The molecule has 0 spiro atoms. The largest absolute Gasteiger partial charge is 0.435 e. The Bertz CT molecular complexity index is 1080. The van der Waals surface area contributed by atoms with E-state index < -0.39 is 41.0 Å². The van der Waals surface area contributed by atoms with Crippen LogP contribution < -0.4 is 5.32 Å². The van der Waals surface area contributed by atoms with Crippen molar-refractivity contribution in [3.8, 4) is 0 Å². The predicted molar refractivity (Wildman–Crippen MR) is 121 cm³/mol. The zero-order valence-electron chi connectivity index (χ0n) is 19.3. The summed E-state index contributed by atoms with van der Waals surface area (Å²) >= 11 is 0. The van der Waals surface area contributed by atoms with Gasteiger partial charge in [-0.1, -0.05) is 38.6 Å². The number of benzene rings is 1. The van der Waals surface area contributed by atoms with Crippen LogP contribution in [-0.4, -0.2) is 41.5 Å². The quantitative estimate of drug-likeness (QED) is 0.306. The van der Waals surface area contributed by atoms with E-state index in [2.05, 4.69) is 27.0 Å². The molecule has 0 saturated carbocycles. The number of nitrogens with one attached hydrogen (secondary N) is 1. The molecule has 1 atom stereocenters. The maximum atomic E-state index is 13.6. The number of halogens is 6. The molecule has 0 aliphatic carbocycles. The normalized spacial score (nSPS) is 13.9. The van der Waals surface area contributed by atoms with Crippen LogP contribution in [0.3, 0.4) is 0 Å². The highest BCUT2D eigenvalue weighted by atomic mass is 19.4. The van der Waals surface area contributed by atoms with Gasteiger partial charge in [0.25, 0.3) is 5.91 Å². The number of amides is 1. The second kappa shape index (κ2) is 11.3. The molecule has 35 heavy (non-hydrogen) atoms. The Balaban J connectivity index is 2.32. The van der Waals surface area contributed by atoms with Crippen molar-refractivity contribution < 1.29 is 31.1 Å². The van der Waals surface area contributed by atoms with E-state index in [-0.39, 0.29) is 18.4 Å². The molecule has 12 heteroatoms. The van der Waals surface area contributed by atoms with Gasteiger partial charge in [0.05, 0.1) is 11.1 Å². The van der Waals surface area contributed by atoms with Crippen LogP contribution >= 0.6 is 0 Å². The van der Waals surface area contributed by atoms with Gasteiger partial charge in [-0.25, -0.2) is 9.67 Å². The number of alkyl halides is 6. The molecular weight excluding hydrogens is 476 g/mol. The fourth-order valence-electron chi connectivity index (χ4n) is 3.35. The first-order valence-electron chi connectivity index (χ1n) is 10.5. The molecule has 1 unspecified atom stereocenters. The first kappa shape index (κ1) is 27.8. The van der Waals surface area contributed by atoms with E-state index in [0.29, 0.717) is 12.0 Å². The fraction of sp³-hybridized carbons (Fsp3) is 0.391. The van der Waals surface area contributed by atoms with Crippen molar-refractivity contribution in [1.82, 2.24) is 15.1 Å². The van der Waals surface area contributed by atoms with Crippen molar-refractivity contribution in [3.63, 3.8) is 0 Å². The number of carbonyl (C=O) groups excluding carboxylic acids is 1. The van der Waals surface area contributed by atoms with Gasteiger partial charge in [-0.2, -0.15) is 31.4 Å². The zero-order valence-corrected chi connectivity index (χ0v) is 19.3. The number of hydrogen-bond acceptors (Lipinski definition) is 3. The summed E-state index contributed by atoms with van der Waals surface area (Å²) in [5.41, 5.74) is -2.44. The average Bonchev–Trinajstić information content (AvgIpc) is 3.22. The molecule has 0 radical (unpaired) electrons.